The molecule has 3 rings (SSSR count). The molecule has 2 aromatic rings. The Morgan fingerprint density at radius 1 is 1.33 bits per heavy atom. The van der Waals surface area contributed by atoms with Crippen molar-refractivity contribution in [3.8, 4) is 5.75 Å². The molecule has 0 saturated heterocycles. The molecule has 5 heteroatoms. The lowest BCUT2D eigenvalue weighted by molar-refractivity contribution is 0.223. The van der Waals surface area contributed by atoms with E-state index in [2.05, 4.69) is 16.4 Å². The van der Waals surface area contributed by atoms with E-state index >= 15 is 0 Å². The highest BCUT2D eigenvalue weighted by Crippen LogP contribution is 2.30. The molecule has 2 N–H and O–H groups in total. The van der Waals surface area contributed by atoms with Crippen LogP contribution in [0, 0.1) is 0 Å². The summed E-state index contributed by atoms with van der Waals surface area (Å²) >= 11 is 0. The van der Waals surface area contributed by atoms with Crippen molar-refractivity contribution < 1.29 is 9.84 Å². The van der Waals surface area contributed by atoms with Crippen LogP contribution in [-0.4, -0.2) is 36.5 Å². The molecule has 0 spiro atoms. The van der Waals surface area contributed by atoms with Gasteiger partial charge in [-0.2, -0.15) is 0 Å². The van der Waals surface area contributed by atoms with Gasteiger partial charge in [-0.3, -0.25) is 4.98 Å². The first-order valence-corrected chi connectivity index (χ1v) is 8.19. The van der Waals surface area contributed by atoms with Gasteiger partial charge in [-0.25, -0.2) is 0 Å². The van der Waals surface area contributed by atoms with Gasteiger partial charge in [0.05, 0.1) is 6.61 Å². The Hall–Kier alpha value is -2.37. The molecule has 1 aromatic carbocycles. The molecule has 1 atom stereocenters. The summed E-state index contributed by atoms with van der Waals surface area (Å²) in [5, 5.41) is 13.2. The van der Waals surface area contributed by atoms with Crippen LogP contribution in [0.2, 0.25) is 0 Å². The Morgan fingerprint density at radius 2 is 2.25 bits per heavy atom. The number of aromatic nitrogens is 1. The first-order valence-electron chi connectivity index (χ1n) is 8.19. The van der Waals surface area contributed by atoms with Gasteiger partial charge in [0.2, 0.25) is 0 Å². The average Bonchev–Trinajstić information content (AvgIpc) is 2.62. The summed E-state index contributed by atoms with van der Waals surface area (Å²) in [5.41, 5.74) is 3.26. The number of likely N-dealkylation sites (N-methyl/N-ethyl adjacent to an activating group) is 1. The minimum Gasteiger partial charge on any atom is -0.494 e. The van der Waals surface area contributed by atoms with Crippen LogP contribution in [0.4, 0.5) is 5.69 Å². The van der Waals surface area contributed by atoms with E-state index in [4.69, 9.17) is 4.74 Å². The first-order chi connectivity index (χ1) is 11.7. The fourth-order valence-electron chi connectivity index (χ4n) is 2.66. The summed E-state index contributed by atoms with van der Waals surface area (Å²) in [5.74, 6) is 0.857. The number of hydrogen-bond donors (Lipinski definition) is 2. The highest BCUT2D eigenvalue weighted by molar-refractivity contribution is 5.72. The maximum absolute atomic E-state index is 9.80. The third-order valence-corrected chi connectivity index (χ3v) is 4.04. The Balaban J connectivity index is 1.41. The quantitative estimate of drug-likeness (QED) is 0.766. The number of anilines is 1. The number of pyridine rings is 1. The van der Waals surface area contributed by atoms with Crippen molar-refractivity contribution in [2.24, 2.45) is 0 Å². The van der Waals surface area contributed by atoms with Gasteiger partial charge in [-0.05, 0) is 48.9 Å². The van der Waals surface area contributed by atoms with Crippen LogP contribution in [0.3, 0.4) is 0 Å². The second-order valence-electron chi connectivity index (χ2n) is 5.84. The van der Waals surface area contributed by atoms with Crippen molar-refractivity contribution in [2.75, 3.05) is 25.1 Å². The molecule has 0 saturated carbocycles. The summed E-state index contributed by atoms with van der Waals surface area (Å²) in [4.78, 5) is 5.93. The predicted octanol–water partition coefficient (Wildman–Crippen LogP) is 2.42. The molecule has 0 bridgehead atoms. The number of benzene rings is 1. The lowest BCUT2D eigenvalue weighted by atomic mass is 10.1. The predicted molar refractivity (Wildman–Crippen MR) is 95.9 cm³/mol. The van der Waals surface area contributed by atoms with E-state index in [0.717, 1.165) is 36.5 Å². The fraction of sp³-hybridized carbons (Fsp3) is 0.316. The van der Waals surface area contributed by atoms with E-state index in [1.165, 1.54) is 5.56 Å². The molecule has 0 aliphatic carbocycles. The minimum absolute atomic E-state index is 0.560. The summed E-state index contributed by atoms with van der Waals surface area (Å²) in [7, 11) is 1.88. The SMILES string of the molecule is CN1c2ccc(OCCCNCc3cccnc3)cc2C=CC1O. The highest BCUT2D eigenvalue weighted by atomic mass is 16.5. The van der Waals surface area contributed by atoms with Crippen molar-refractivity contribution in [1.29, 1.82) is 0 Å². The van der Waals surface area contributed by atoms with Crippen LogP contribution < -0.4 is 15.0 Å². The van der Waals surface area contributed by atoms with Crippen LogP contribution in [0.5, 0.6) is 5.75 Å². The zero-order chi connectivity index (χ0) is 16.8. The fourth-order valence-corrected chi connectivity index (χ4v) is 2.66. The number of aliphatic hydroxyl groups is 1. The number of rotatable bonds is 7. The lowest BCUT2D eigenvalue weighted by Crippen LogP contribution is -2.31. The van der Waals surface area contributed by atoms with Gasteiger partial charge < -0.3 is 20.1 Å². The highest BCUT2D eigenvalue weighted by Gasteiger charge is 2.16. The Kier molecular flexibility index (Phi) is 5.46. The van der Waals surface area contributed by atoms with E-state index in [-0.39, 0.29) is 0 Å². The zero-order valence-corrected chi connectivity index (χ0v) is 13.9. The molecule has 2 heterocycles. The largest absolute Gasteiger partial charge is 0.494 e. The van der Waals surface area contributed by atoms with Gasteiger partial charge in [0.15, 0.2) is 0 Å². The van der Waals surface area contributed by atoms with Crippen molar-refractivity contribution in [1.82, 2.24) is 10.3 Å². The maximum Gasteiger partial charge on any atom is 0.146 e. The van der Waals surface area contributed by atoms with Crippen molar-refractivity contribution in [2.45, 2.75) is 19.2 Å². The molecule has 0 radical (unpaired) electrons. The summed E-state index contributed by atoms with van der Waals surface area (Å²) in [6.45, 7) is 2.39. The standard InChI is InChI=1S/C19H23N3O2/c1-22-18-7-6-17(12-16(18)5-8-19(22)23)24-11-3-10-21-14-15-4-2-9-20-13-15/h2,4-9,12-13,19,21,23H,3,10-11,14H2,1H3. The number of nitrogens with zero attached hydrogens (tertiary/aromatic N) is 2. The van der Waals surface area contributed by atoms with Crippen molar-refractivity contribution in [3.63, 3.8) is 0 Å². The van der Waals surface area contributed by atoms with Gasteiger partial charge in [0.1, 0.15) is 12.0 Å². The van der Waals surface area contributed by atoms with Crippen LogP contribution in [-0.2, 0) is 6.54 Å². The second kappa shape index (κ2) is 7.95. The van der Waals surface area contributed by atoms with E-state index in [1.54, 1.807) is 12.3 Å². The molecular weight excluding hydrogens is 302 g/mol. The summed E-state index contributed by atoms with van der Waals surface area (Å²) in [6, 6.07) is 9.95. The average molecular weight is 325 g/mol. The Labute approximate surface area is 142 Å². The smallest absolute Gasteiger partial charge is 0.146 e. The second-order valence-corrected chi connectivity index (χ2v) is 5.84. The van der Waals surface area contributed by atoms with Crippen LogP contribution in [0.15, 0.2) is 48.8 Å². The third-order valence-electron chi connectivity index (χ3n) is 4.04. The van der Waals surface area contributed by atoms with Gasteiger partial charge in [0, 0.05) is 37.2 Å². The topological polar surface area (TPSA) is 57.6 Å². The maximum atomic E-state index is 9.80. The van der Waals surface area contributed by atoms with E-state index in [0.29, 0.717) is 6.61 Å². The molecule has 126 valence electrons. The first kappa shape index (κ1) is 16.5. The molecule has 1 unspecified atom stereocenters. The number of aliphatic hydroxyl groups excluding tert-OH is 1. The van der Waals surface area contributed by atoms with E-state index in [9.17, 15) is 5.11 Å². The van der Waals surface area contributed by atoms with Crippen LogP contribution in [0.1, 0.15) is 17.5 Å². The monoisotopic (exact) mass is 325 g/mol. The Morgan fingerprint density at radius 3 is 3.08 bits per heavy atom. The van der Waals surface area contributed by atoms with E-state index in [1.807, 2.05) is 48.5 Å². The number of hydrogen-bond acceptors (Lipinski definition) is 5. The van der Waals surface area contributed by atoms with Crippen LogP contribution >= 0.6 is 0 Å². The van der Waals surface area contributed by atoms with Gasteiger partial charge >= 0.3 is 0 Å². The van der Waals surface area contributed by atoms with Gasteiger partial charge in [-0.1, -0.05) is 12.1 Å². The van der Waals surface area contributed by atoms with Crippen LogP contribution in [0.25, 0.3) is 6.08 Å². The molecule has 1 aliphatic rings. The van der Waals surface area contributed by atoms with Gasteiger partial charge in [-0.15, -0.1) is 0 Å². The summed E-state index contributed by atoms with van der Waals surface area (Å²) in [6.07, 6.45) is 7.74. The third kappa shape index (κ3) is 4.13. The van der Waals surface area contributed by atoms with Gasteiger partial charge in [0.25, 0.3) is 0 Å². The molecular formula is C19H23N3O2. The van der Waals surface area contributed by atoms with Crippen molar-refractivity contribution in [3.05, 3.63) is 59.9 Å². The number of ether oxygens (including phenoxy) is 1. The molecule has 1 aliphatic heterocycles. The molecule has 0 amide bonds. The lowest BCUT2D eigenvalue weighted by Gasteiger charge is -2.28. The normalized spacial score (nSPS) is 16.1. The molecule has 0 fully saturated rings. The summed E-state index contributed by atoms with van der Waals surface area (Å²) < 4.78 is 5.82. The van der Waals surface area contributed by atoms with Crippen molar-refractivity contribution >= 4 is 11.8 Å². The zero-order valence-electron chi connectivity index (χ0n) is 13.9. The Bertz CT molecular complexity index is 688. The molecule has 5 nitrogen and oxygen atoms in total. The molecule has 1 aromatic heterocycles. The van der Waals surface area contributed by atoms with E-state index < -0.39 is 6.23 Å². The number of nitrogens with one attached hydrogen (secondary N) is 1. The molecule has 24 heavy (non-hydrogen) atoms. The minimum atomic E-state index is -0.560. The number of fused-ring (bicyclic) bond motifs is 1.